The Bertz CT molecular complexity index is 323. The van der Waals surface area contributed by atoms with E-state index in [1.165, 1.54) is 12.8 Å². The summed E-state index contributed by atoms with van der Waals surface area (Å²) in [6, 6.07) is 5.92. The first kappa shape index (κ1) is 9.73. The lowest BCUT2D eigenvalue weighted by Gasteiger charge is -2.01. The third-order valence-electron chi connectivity index (χ3n) is 2.05. The van der Waals surface area contributed by atoms with Gasteiger partial charge in [-0.15, -0.1) is 0 Å². The van der Waals surface area contributed by atoms with Crippen LogP contribution in [0.1, 0.15) is 36.7 Å². The lowest BCUT2D eigenvalue weighted by atomic mass is 10.1. The Balaban J connectivity index is 2.79. The summed E-state index contributed by atoms with van der Waals surface area (Å²) < 4.78 is 0. The van der Waals surface area contributed by atoms with Crippen LogP contribution in [0.25, 0.3) is 0 Å². The minimum Gasteiger partial charge on any atom is -0.257 e. The quantitative estimate of drug-likeness (QED) is 0.706. The maximum Gasteiger partial charge on any atom is 0.101 e. The van der Waals surface area contributed by atoms with E-state index in [0.717, 1.165) is 17.8 Å². The van der Waals surface area contributed by atoms with E-state index < -0.39 is 0 Å². The minimum atomic E-state index is 0.681. The summed E-state index contributed by atoms with van der Waals surface area (Å²) in [5, 5.41) is 8.70. The Labute approximate surface area is 79.2 Å². The highest BCUT2D eigenvalue weighted by Crippen LogP contribution is 2.07. The minimum absolute atomic E-state index is 0.681. The number of hydrogen-bond donors (Lipinski definition) is 0. The Morgan fingerprint density at radius 2 is 2.23 bits per heavy atom. The Kier molecular flexibility index (Phi) is 3.45. The van der Waals surface area contributed by atoms with Crippen molar-refractivity contribution < 1.29 is 0 Å². The molecule has 2 nitrogen and oxygen atoms in total. The first-order valence-electron chi connectivity index (χ1n) is 4.64. The van der Waals surface area contributed by atoms with E-state index in [9.17, 15) is 0 Å². The van der Waals surface area contributed by atoms with Crippen LogP contribution >= 0.6 is 0 Å². The molecular weight excluding hydrogens is 160 g/mol. The van der Waals surface area contributed by atoms with Crippen molar-refractivity contribution >= 4 is 0 Å². The van der Waals surface area contributed by atoms with Gasteiger partial charge in [0.1, 0.15) is 6.07 Å². The molecule has 1 heterocycles. The highest BCUT2D eigenvalue weighted by molar-refractivity contribution is 5.33. The summed E-state index contributed by atoms with van der Waals surface area (Å²) in [5.74, 6) is 0. The summed E-state index contributed by atoms with van der Waals surface area (Å²) in [4.78, 5) is 4.36. The zero-order valence-corrected chi connectivity index (χ0v) is 8.17. The number of nitrogens with zero attached hydrogens (tertiary/aromatic N) is 2. The van der Waals surface area contributed by atoms with Gasteiger partial charge < -0.3 is 0 Å². The average Bonchev–Trinajstić information content (AvgIpc) is 2.15. The number of unbranched alkanes of at least 4 members (excludes halogenated alkanes) is 1. The van der Waals surface area contributed by atoms with Crippen LogP contribution < -0.4 is 0 Å². The summed E-state index contributed by atoms with van der Waals surface area (Å²) in [6.45, 7) is 4.05. The molecule has 0 spiro atoms. The first-order chi connectivity index (χ1) is 6.27. The van der Waals surface area contributed by atoms with Crippen molar-refractivity contribution in [2.45, 2.75) is 33.1 Å². The van der Waals surface area contributed by atoms with Gasteiger partial charge in [0.25, 0.3) is 0 Å². The van der Waals surface area contributed by atoms with Gasteiger partial charge in [0.2, 0.25) is 0 Å². The van der Waals surface area contributed by atoms with E-state index in [1.54, 1.807) is 0 Å². The maximum absolute atomic E-state index is 8.70. The summed E-state index contributed by atoms with van der Waals surface area (Å²) in [6.07, 6.45) is 3.36. The monoisotopic (exact) mass is 174 g/mol. The number of nitriles is 1. The molecule has 0 aliphatic heterocycles. The smallest absolute Gasteiger partial charge is 0.101 e. The van der Waals surface area contributed by atoms with Crippen LogP contribution in [-0.4, -0.2) is 4.98 Å². The van der Waals surface area contributed by atoms with Crippen molar-refractivity contribution in [3.8, 4) is 6.07 Å². The summed E-state index contributed by atoms with van der Waals surface area (Å²) >= 11 is 0. The molecule has 68 valence electrons. The molecule has 2 heteroatoms. The molecule has 0 aliphatic carbocycles. The molecule has 0 saturated carbocycles. The Hall–Kier alpha value is -1.36. The molecule has 0 N–H and O–H groups in total. The zero-order chi connectivity index (χ0) is 9.68. The second-order valence-corrected chi connectivity index (χ2v) is 3.15. The fourth-order valence-electron chi connectivity index (χ4n) is 1.23. The van der Waals surface area contributed by atoms with Gasteiger partial charge in [-0.05, 0) is 31.9 Å². The van der Waals surface area contributed by atoms with Gasteiger partial charge in [-0.1, -0.05) is 13.3 Å². The van der Waals surface area contributed by atoms with E-state index in [0.29, 0.717) is 5.56 Å². The topological polar surface area (TPSA) is 36.7 Å². The van der Waals surface area contributed by atoms with Crippen molar-refractivity contribution in [2.75, 3.05) is 0 Å². The second-order valence-electron chi connectivity index (χ2n) is 3.15. The average molecular weight is 174 g/mol. The predicted molar refractivity (Wildman–Crippen MR) is 52.3 cm³/mol. The van der Waals surface area contributed by atoms with Crippen LogP contribution in [0.5, 0.6) is 0 Å². The van der Waals surface area contributed by atoms with Gasteiger partial charge in [-0.3, -0.25) is 4.98 Å². The lowest BCUT2D eigenvalue weighted by Crippen LogP contribution is -1.94. The van der Waals surface area contributed by atoms with Crippen molar-refractivity contribution in [3.63, 3.8) is 0 Å². The van der Waals surface area contributed by atoms with Crippen LogP contribution in [-0.2, 0) is 6.42 Å². The number of hydrogen-bond acceptors (Lipinski definition) is 2. The van der Waals surface area contributed by atoms with Gasteiger partial charge in [0, 0.05) is 5.69 Å². The summed E-state index contributed by atoms with van der Waals surface area (Å²) in [7, 11) is 0. The SMILES string of the molecule is CCCCc1ccc(C#N)c(C)n1. The molecule has 0 aliphatic rings. The van der Waals surface area contributed by atoms with E-state index in [4.69, 9.17) is 5.26 Å². The van der Waals surface area contributed by atoms with Gasteiger partial charge in [-0.25, -0.2) is 0 Å². The Morgan fingerprint density at radius 1 is 1.46 bits per heavy atom. The largest absolute Gasteiger partial charge is 0.257 e. The number of aromatic nitrogens is 1. The standard InChI is InChI=1S/C11H14N2/c1-3-4-5-11-7-6-10(8-12)9(2)13-11/h6-7H,3-5H2,1-2H3. The molecule has 0 saturated heterocycles. The molecule has 0 fully saturated rings. The Morgan fingerprint density at radius 3 is 2.77 bits per heavy atom. The third kappa shape index (κ3) is 2.55. The van der Waals surface area contributed by atoms with Crippen molar-refractivity contribution in [3.05, 3.63) is 29.1 Å². The molecule has 0 unspecified atom stereocenters. The molecule has 0 atom stereocenters. The normalized spacial score (nSPS) is 9.62. The molecule has 0 bridgehead atoms. The van der Waals surface area contributed by atoms with E-state index in [2.05, 4.69) is 18.0 Å². The number of aryl methyl sites for hydroxylation is 2. The van der Waals surface area contributed by atoms with E-state index >= 15 is 0 Å². The van der Waals surface area contributed by atoms with Crippen molar-refractivity contribution in [1.29, 1.82) is 5.26 Å². The fraction of sp³-hybridized carbons (Fsp3) is 0.455. The molecule has 1 rings (SSSR count). The van der Waals surface area contributed by atoms with Crippen LogP contribution in [0.3, 0.4) is 0 Å². The van der Waals surface area contributed by atoms with Gasteiger partial charge in [0.15, 0.2) is 0 Å². The van der Waals surface area contributed by atoms with E-state index in [1.807, 2.05) is 19.1 Å². The van der Waals surface area contributed by atoms with E-state index in [-0.39, 0.29) is 0 Å². The maximum atomic E-state index is 8.70. The van der Waals surface area contributed by atoms with Crippen LogP contribution in [0.15, 0.2) is 12.1 Å². The zero-order valence-electron chi connectivity index (χ0n) is 8.17. The summed E-state index contributed by atoms with van der Waals surface area (Å²) in [5.41, 5.74) is 2.62. The molecule has 0 radical (unpaired) electrons. The molecule has 1 aromatic heterocycles. The molecule has 1 aromatic rings. The molecule has 0 amide bonds. The van der Waals surface area contributed by atoms with Crippen molar-refractivity contribution in [1.82, 2.24) is 4.98 Å². The third-order valence-corrected chi connectivity index (χ3v) is 2.05. The molecule has 0 aromatic carbocycles. The second kappa shape index (κ2) is 4.61. The van der Waals surface area contributed by atoms with Gasteiger partial charge in [0.05, 0.1) is 11.3 Å². The predicted octanol–water partition coefficient (Wildman–Crippen LogP) is 2.60. The highest BCUT2D eigenvalue weighted by atomic mass is 14.7. The van der Waals surface area contributed by atoms with Gasteiger partial charge in [-0.2, -0.15) is 5.26 Å². The van der Waals surface area contributed by atoms with Crippen LogP contribution in [0.2, 0.25) is 0 Å². The number of rotatable bonds is 3. The highest BCUT2D eigenvalue weighted by Gasteiger charge is 1.99. The lowest BCUT2D eigenvalue weighted by molar-refractivity contribution is 0.773. The number of pyridine rings is 1. The van der Waals surface area contributed by atoms with Gasteiger partial charge >= 0.3 is 0 Å². The van der Waals surface area contributed by atoms with Crippen molar-refractivity contribution in [2.24, 2.45) is 0 Å². The molecule has 13 heavy (non-hydrogen) atoms. The molecular formula is C11H14N2. The fourth-order valence-corrected chi connectivity index (χ4v) is 1.23. The first-order valence-corrected chi connectivity index (χ1v) is 4.64. The van der Waals surface area contributed by atoms with Crippen LogP contribution in [0, 0.1) is 18.3 Å². The van der Waals surface area contributed by atoms with Crippen LogP contribution in [0.4, 0.5) is 0 Å².